The molecule has 0 radical (unpaired) electrons. The second-order valence-electron chi connectivity index (χ2n) is 9.88. The van der Waals surface area contributed by atoms with Crippen LogP contribution in [0.3, 0.4) is 0 Å². The molecule has 0 aliphatic carbocycles. The van der Waals surface area contributed by atoms with Crippen molar-refractivity contribution < 1.29 is 16.9 Å². The third kappa shape index (κ3) is 16.4. The van der Waals surface area contributed by atoms with Crippen LogP contribution in [-0.2, 0) is 0 Å². The van der Waals surface area contributed by atoms with E-state index in [1.165, 1.54) is 109 Å². The summed E-state index contributed by atoms with van der Waals surface area (Å²) in [7, 11) is 4.76. The first-order valence-corrected chi connectivity index (χ1v) is 11.6. The van der Waals surface area contributed by atoms with Gasteiger partial charge < -0.3 is 16.9 Å². The smallest absolute Gasteiger partial charge is 0.0903 e. The minimum atomic E-state index is 0. The zero-order valence-corrected chi connectivity index (χ0v) is 20.1. The molecule has 0 aliphatic rings. The Hall–Kier alpha value is 0.250. The van der Waals surface area contributed by atoms with Crippen molar-refractivity contribution in [2.45, 2.75) is 136 Å². The van der Waals surface area contributed by atoms with Gasteiger partial charge >= 0.3 is 0 Å². The number of rotatable bonds is 17. The second-order valence-corrected chi connectivity index (χ2v) is 9.88. The molecule has 0 unspecified atom stereocenters. The summed E-state index contributed by atoms with van der Waals surface area (Å²) < 4.78 is 1.14. The van der Waals surface area contributed by atoms with Gasteiger partial charge in [0, 0.05) is 0 Å². The molecule has 0 bridgehead atoms. The molecule has 0 spiro atoms. The van der Waals surface area contributed by atoms with Gasteiger partial charge in [-0.25, -0.2) is 0 Å². The maximum atomic E-state index is 2.38. The van der Waals surface area contributed by atoms with E-state index in [9.17, 15) is 0 Å². The van der Waals surface area contributed by atoms with Crippen molar-refractivity contribution in [3.05, 3.63) is 0 Å². The van der Waals surface area contributed by atoms with E-state index < -0.39 is 0 Å². The highest BCUT2D eigenvalue weighted by atomic mass is 35.5. The van der Waals surface area contributed by atoms with Crippen LogP contribution >= 0.6 is 0 Å². The topological polar surface area (TPSA) is 0 Å². The third-order valence-corrected chi connectivity index (χ3v) is 6.39. The van der Waals surface area contributed by atoms with Crippen LogP contribution in [0.4, 0.5) is 0 Å². The van der Waals surface area contributed by atoms with Crippen LogP contribution in [0.5, 0.6) is 0 Å². The summed E-state index contributed by atoms with van der Waals surface area (Å²) in [5.41, 5.74) is 0.371. The first-order valence-electron chi connectivity index (χ1n) is 11.6. The summed E-state index contributed by atoms with van der Waals surface area (Å²) >= 11 is 0. The molecule has 2 heteroatoms. The highest BCUT2D eigenvalue weighted by molar-refractivity contribution is 4.60. The van der Waals surface area contributed by atoms with Gasteiger partial charge in [-0.15, -0.1) is 0 Å². The van der Waals surface area contributed by atoms with Crippen LogP contribution < -0.4 is 12.4 Å². The molecule has 1 nitrogen and oxygen atoms in total. The van der Waals surface area contributed by atoms with Crippen LogP contribution in [-0.4, -0.2) is 30.7 Å². The van der Waals surface area contributed by atoms with Gasteiger partial charge in [0.05, 0.1) is 26.2 Å². The van der Waals surface area contributed by atoms with E-state index in [-0.39, 0.29) is 12.4 Å². The van der Waals surface area contributed by atoms with Crippen LogP contribution in [0.25, 0.3) is 0 Å². The first kappa shape index (κ1) is 28.5. The lowest BCUT2D eigenvalue weighted by Gasteiger charge is -2.42. The average Bonchev–Trinajstić information content (AvgIpc) is 2.53. The van der Waals surface area contributed by atoms with E-state index in [2.05, 4.69) is 41.8 Å². The molecular formula is C24H52ClN. The fraction of sp³-hybridized carbons (Fsp3) is 1.00. The van der Waals surface area contributed by atoms with Gasteiger partial charge in [-0.3, -0.25) is 0 Å². The van der Waals surface area contributed by atoms with E-state index in [4.69, 9.17) is 0 Å². The number of quaternary nitrogens is 1. The Morgan fingerprint density at radius 3 is 1.04 bits per heavy atom. The van der Waals surface area contributed by atoms with E-state index in [0.29, 0.717) is 5.54 Å². The quantitative estimate of drug-likeness (QED) is 0.239. The summed E-state index contributed by atoms with van der Waals surface area (Å²) in [6.45, 7) is 10.7. The highest BCUT2D eigenvalue weighted by Crippen LogP contribution is 2.20. The molecule has 0 N–H and O–H groups in total. The number of halogens is 1. The number of hydrogen-bond donors (Lipinski definition) is 0. The molecule has 0 saturated heterocycles. The van der Waals surface area contributed by atoms with Gasteiger partial charge in [-0.05, 0) is 33.6 Å². The van der Waals surface area contributed by atoms with Crippen molar-refractivity contribution in [1.82, 2.24) is 0 Å². The monoisotopic (exact) mass is 389 g/mol. The van der Waals surface area contributed by atoms with E-state index in [1.54, 1.807) is 0 Å². The summed E-state index contributed by atoms with van der Waals surface area (Å²) in [4.78, 5) is 0. The van der Waals surface area contributed by atoms with Crippen molar-refractivity contribution in [3.63, 3.8) is 0 Å². The molecular weight excluding hydrogens is 338 g/mol. The van der Waals surface area contributed by atoms with Crippen molar-refractivity contribution in [1.29, 1.82) is 0 Å². The van der Waals surface area contributed by atoms with Gasteiger partial charge in [-0.1, -0.05) is 96.8 Å². The van der Waals surface area contributed by atoms with Crippen LogP contribution in [0.2, 0.25) is 0 Å². The first-order chi connectivity index (χ1) is 11.8. The molecule has 0 fully saturated rings. The number of nitrogens with zero attached hydrogens (tertiary/aromatic N) is 1. The lowest BCUT2D eigenvalue weighted by molar-refractivity contribution is -0.935. The molecule has 0 amide bonds. The molecule has 0 rings (SSSR count). The predicted molar refractivity (Wildman–Crippen MR) is 116 cm³/mol. The Labute approximate surface area is 173 Å². The van der Waals surface area contributed by atoms with Gasteiger partial charge in [0.2, 0.25) is 0 Å². The van der Waals surface area contributed by atoms with E-state index in [1.807, 2.05) is 0 Å². The van der Waals surface area contributed by atoms with Gasteiger partial charge in [0.15, 0.2) is 0 Å². The van der Waals surface area contributed by atoms with Gasteiger partial charge in [0.25, 0.3) is 0 Å². The predicted octanol–water partition coefficient (Wildman–Crippen LogP) is 5.13. The Bertz CT molecular complexity index is 280. The normalized spacial score (nSPS) is 12.2. The SMILES string of the molecule is CCCCCCCCCCCCCCCCCC[N+](C)(C)C(C)(C)C.[Cl-]. The molecule has 0 aromatic carbocycles. The van der Waals surface area contributed by atoms with Crippen molar-refractivity contribution in [3.8, 4) is 0 Å². The van der Waals surface area contributed by atoms with Gasteiger partial charge in [-0.2, -0.15) is 0 Å². The standard InChI is InChI=1S/C24H52N.ClH/c1-7-8-9-10-11-12-13-14-15-16-17-18-19-20-21-22-23-25(5,6)24(2,3)4;/h7-23H2,1-6H3;1H/q+1;/p-1. The maximum absolute atomic E-state index is 2.38. The fourth-order valence-corrected chi connectivity index (χ4v) is 3.39. The molecule has 0 aromatic rings. The largest absolute Gasteiger partial charge is 1.00 e. The van der Waals surface area contributed by atoms with Crippen LogP contribution in [0, 0.1) is 0 Å². The minimum absolute atomic E-state index is 0. The summed E-state index contributed by atoms with van der Waals surface area (Å²) in [6, 6.07) is 0. The third-order valence-electron chi connectivity index (χ3n) is 6.39. The number of hydrogen-bond acceptors (Lipinski definition) is 0. The maximum Gasteiger partial charge on any atom is 0.0903 e. The lowest BCUT2D eigenvalue weighted by Crippen LogP contribution is -3.00. The zero-order chi connectivity index (χ0) is 19.0. The molecule has 26 heavy (non-hydrogen) atoms. The van der Waals surface area contributed by atoms with E-state index in [0.717, 1.165) is 4.48 Å². The molecule has 160 valence electrons. The Morgan fingerprint density at radius 2 is 0.769 bits per heavy atom. The highest BCUT2D eigenvalue weighted by Gasteiger charge is 2.30. The summed E-state index contributed by atoms with van der Waals surface area (Å²) in [6.07, 6.45) is 23.3. The summed E-state index contributed by atoms with van der Waals surface area (Å²) in [5, 5.41) is 0. The molecule has 0 saturated carbocycles. The van der Waals surface area contributed by atoms with E-state index >= 15 is 0 Å². The Morgan fingerprint density at radius 1 is 0.500 bits per heavy atom. The average molecular weight is 390 g/mol. The van der Waals surface area contributed by atoms with Crippen molar-refractivity contribution in [2.75, 3.05) is 20.6 Å². The molecule has 0 aromatic heterocycles. The Balaban J connectivity index is 0. The second kappa shape index (κ2) is 17.4. The van der Waals surface area contributed by atoms with Gasteiger partial charge in [0.1, 0.15) is 0 Å². The lowest BCUT2D eigenvalue weighted by atomic mass is 10.0. The molecule has 0 atom stereocenters. The minimum Gasteiger partial charge on any atom is -1.00 e. The number of unbranched alkanes of at least 4 members (excludes halogenated alkanes) is 15. The van der Waals surface area contributed by atoms with Crippen molar-refractivity contribution >= 4 is 0 Å². The summed E-state index contributed by atoms with van der Waals surface area (Å²) in [5.74, 6) is 0. The zero-order valence-electron chi connectivity index (χ0n) is 19.3. The van der Waals surface area contributed by atoms with Crippen LogP contribution in [0.15, 0.2) is 0 Å². The van der Waals surface area contributed by atoms with Crippen molar-refractivity contribution in [2.24, 2.45) is 0 Å². The fourth-order valence-electron chi connectivity index (χ4n) is 3.39. The molecule has 0 heterocycles. The van der Waals surface area contributed by atoms with Crippen LogP contribution in [0.1, 0.15) is 130 Å². The molecule has 0 aliphatic heterocycles. The Kier molecular flexibility index (Phi) is 19.0.